The number of aryl methyl sites for hydroxylation is 1. The van der Waals surface area contributed by atoms with Gasteiger partial charge in [-0.2, -0.15) is 0 Å². The molecule has 1 aliphatic rings. The predicted octanol–water partition coefficient (Wildman–Crippen LogP) is 6.38. The van der Waals surface area contributed by atoms with Crippen LogP contribution in [0.5, 0.6) is 11.5 Å². The number of amides is 2. The Morgan fingerprint density at radius 2 is 1.55 bits per heavy atom. The molecule has 3 aromatic rings. The van der Waals surface area contributed by atoms with Crippen molar-refractivity contribution in [2.45, 2.75) is 70.0 Å². The van der Waals surface area contributed by atoms with E-state index < -0.39 is 6.04 Å². The molecular weight excluding hydrogens is 524 g/mol. The van der Waals surface area contributed by atoms with Gasteiger partial charge in [0, 0.05) is 30.5 Å². The zero-order valence-corrected chi connectivity index (χ0v) is 24.2. The minimum atomic E-state index is -0.641. The fraction of sp³-hybridized carbons (Fsp3) is 0.394. The number of rotatable bonds is 12. The Morgan fingerprint density at radius 1 is 0.875 bits per heavy atom. The fourth-order valence-electron chi connectivity index (χ4n) is 5.32. The van der Waals surface area contributed by atoms with Crippen molar-refractivity contribution < 1.29 is 19.1 Å². The Balaban J connectivity index is 1.60. The monoisotopic (exact) mass is 562 g/mol. The van der Waals surface area contributed by atoms with Crippen LogP contribution in [0, 0.1) is 0 Å². The molecule has 212 valence electrons. The van der Waals surface area contributed by atoms with Gasteiger partial charge >= 0.3 is 0 Å². The second-order valence-electron chi connectivity index (χ2n) is 10.4. The van der Waals surface area contributed by atoms with Crippen LogP contribution < -0.4 is 14.8 Å². The average molecular weight is 563 g/mol. The van der Waals surface area contributed by atoms with Gasteiger partial charge in [-0.05, 0) is 60.2 Å². The van der Waals surface area contributed by atoms with Gasteiger partial charge in [0.15, 0.2) is 11.5 Å². The van der Waals surface area contributed by atoms with E-state index >= 15 is 0 Å². The van der Waals surface area contributed by atoms with Crippen LogP contribution in [0.2, 0.25) is 5.02 Å². The van der Waals surface area contributed by atoms with E-state index in [-0.39, 0.29) is 24.3 Å². The maximum absolute atomic E-state index is 14.0. The normalized spacial score (nSPS) is 14.3. The first-order chi connectivity index (χ1) is 19.5. The molecule has 0 aliphatic heterocycles. The lowest BCUT2D eigenvalue weighted by Gasteiger charge is -2.33. The molecule has 0 aromatic heterocycles. The molecule has 0 heterocycles. The van der Waals surface area contributed by atoms with Crippen LogP contribution in [0.25, 0.3) is 0 Å². The minimum Gasteiger partial charge on any atom is -0.493 e. The summed E-state index contributed by atoms with van der Waals surface area (Å²) in [6, 6.07) is 22.6. The number of ether oxygens (including phenoxy) is 2. The first-order valence-corrected chi connectivity index (χ1v) is 14.4. The van der Waals surface area contributed by atoms with Crippen LogP contribution in [-0.2, 0) is 29.0 Å². The zero-order chi connectivity index (χ0) is 28.3. The van der Waals surface area contributed by atoms with E-state index in [1.807, 2.05) is 72.8 Å². The number of methoxy groups -OCH3 is 2. The number of hydrogen-bond acceptors (Lipinski definition) is 4. The molecule has 7 heteroatoms. The summed E-state index contributed by atoms with van der Waals surface area (Å²) in [5.74, 6) is 1.09. The average Bonchev–Trinajstić information content (AvgIpc) is 2.99. The smallest absolute Gasteiger partial charge is 0.243 e. The van der Waals surface area contributed by atoms with Crippen molar-refractivity contribution in [1.29, 1.82) is 0 Å². The lowest BCUT2D eigenvalue weighted by atomic mass is 9.94. The third-order valence-electron chi connectivity index (χ3n) is 7.56. The first kappa shape index (κ1) is 29.5. The minimum absolute atomic E-state index is 0.0792. The van der Waals surface area contributed by atoms with E-state index in [0.717, 1.165) is 42.4 Å². The van der Waals surface area contributed by atoms with E-state index in [4.69, 9.17) is 21.1 Å². The third-order valence-corrected chi connectivity index (χ3v) is 7.82. The molecule has 4 rings (SSSR count). The van der Waals surface area contributed by atoms with Gasteiger partial charge in [0.05, 0.1) is 14.2 Å². The summed E-state index contributed by atoms with van der Waals surface area (Å²) in [7, 11) is 3.20. The maximum atomic E-state index is 14.0. The molecule has 0 spiro atoms. The van der Waals surface area contributed by atoms with Crippen molar-refractivity contribution in [2.75, 3.05) is 14.2 Å². The van der Waals surface area contributed by atoms with Crippen molar-refractivity contribution in [1.82, 2.24) is 10.2 Å². The van der Waals surface area contributed by atoms with Gasteiger partial charge in [-0.15, -0.1) is 0 Å². The lowest BCUT2D eigenvalue weighted by molar-refractivity contribution is -0.141. The van der Waals surface area contributed by atoms with E-state index in [0.29, 0.717) is 35.9 Å². The molecule has 1 unspecified atom stereocenters. The van der Waals surface area contributed by atoms with Gasteiger partial charge in [0.1, 0.15) is 6.04 Å². The Kier molecular flexibility index (Phi) is 10.9. The molecule has 40 heavy (non-hydrogen) atoms. The highest BCUT2D eigenvalue weighted by molar-refractivity contribution is 6.30. The van der Waals surface area contributed by atoms with Crippen LogP contribution in [0.15, 0.2) is 72.8 Å². The van der Waals surface area contributed by atoms with Gasteiger partial charge in [0.2, 0.25) is 11.8 Å². The fourth-order valence-corrected chi connectivity index (χ4v) is 5.44. The number of nitrogens with zero attached hydrogens (tertiary/aromatic N) is 1. The van der Waals surface area contributed by atoms with Crippen molar-refractivity contribution in [3.63, 3.8) is 0 Å². The second-order valence-corrected chi connectivity index (χ2v) is 10.8. The molecular formula is C33H39ClN2O4. The summed E-state index contributed by atoms with van der Waals surface area (Å²) >= 11 is 6.14. The van der Waals surface area contributed by atoms with Gasteiger partial charge in [-0.25, -0.2) is 0 Å². The van der Waals surface area contributed by atoms with Gasteiger partial charge < -0.3 is 19.7 Å². The lowest BCUT2D eigenvalue weighted by Crippen LogP contribution is -2.52. The summed E-state index contributed by atoms with van der Waals surface area (Å²) in [6.45, 7) is 0.317. The Morgan fingerprint density at radius 3 is 2.23 bits per heavy atom. The first-order valence-electron chi connectivity index (χ1n) is 14.1. The quantitative estimate of drug-likeness (QED) is 0.278. The summed E-state index contributed by atoms with van der Waals surface area (Å²) in [4.78, 5) is 29.6. The summed E-state index contributed by atoms with van der Waals surface area (Å²) in [6.07, 6.45) is 6.61. The number of carbonyl (C=O) groups excluding carboxylic acids is 2. The molecule has 2 amide bonds. The Labute approximate surface area is 242 Å². The SMILES string of the molecule is COc1ccc(CCC(=O)N(Cc2ccc(Cl)cc2)C(Cc2ccccc2)C(=O)NC2CCCCC2)cc1OC. The van der Waals surface area contributed by atoms with Gasteiger partial charge in [-0.3, -0.25) is 9.59 Å². The molecule has 1 fully saturated rings. The maximum Gasteiger partial charge on any atom is 0.243 e. The number of halogens is 1. The number of hydrogen-bond donors (Lipinski definition) is 1. The Hall–Kier alpha value is -3.51. The molecule has 1 atom stereocenters. The third kappa shape index (κ3) is 8.25. The second kappa shape index (κ2) is 14.8. The number of carbonyl (C=O) groups is 2. The van der Waals surface area contributed by atoms with E-state index in [1.165, 1.54) is 6.42 Å². The number of benzene rings is 3. The van der Waals surface area contributed by atoms with E-state index in [2.05, 4.69) is 5.32 Å². The molecule has 6 nitrogen and oxygen atoms in total. The molecule has 1 N–H and O–H groups in total. The van der Waals surface area contributed by atoms with E-state index in [9.17, 15) is 9.59 Å². The summed E-state index contributed by atoms with van der Waals surface area (Å²) in [5.41, 5.74) is 2.90. The van der Waals surface area contributed by atoms with Gasteiger partial charge in [0.25, 0.3) is 0 Å². The standard InChI is InChI=1S/C33H39ClN2O4/c1-39-30-19-15-25(22-31(30)40-2)16-20-32(37)36(23-26-13-17-27(34)18-14-26)29(21-24-9-5-3-6-10-24)33(38)35-28-11-7-4-8-12-28/h3,5-6,9-10,13-15,17-19,22,28-29H,4,7-8,11-12,16,20-21,23H2,1-2H3,(H,35,38). The van der Waals surface area contributed by atoms with Crippen LogP contribution in [-0.4, -0.2) is 43.0 Å². The molecule has 0 bridgehead atoms. The number of nitrogens with one attached hydrogen (secondary N) is 1. The highest BCUT2D eigenvalue weighted by Gasteiger charge is 2.31. The van der Waals surface area contributed by atoms with Crippen molar-refractivity contribution >= 4 is 23.4 Å². The highest BCUT2D eigenvalue weighted by Crippen LogP contribution is 2.28. The predicted molar refractivity (Wildman–Crippen MR) is 159 cm³/mol. The van der Waals surface area contributed by atoms with Gasteiger partial charge in [-0.1, -0.05) is 79.4 Å². The van der Waals surface area contributed by atoms with Crippen molar-refractivity contribution in [2.24, 2.45) is 0 Å². The van der Waals surface area contributed by atoms with Crippen LogP contribution in [0.3, 0.4) is 0 Å². The van der Waals surface area contributed by atoms with Crippen molar-refractivity contribution in [3.8, 4) is 11.5 Å². The summed E-state index contributed by atoms with van der Waals surface area (Å²) < 4.78 is 10.8. The topological polar surface area (TPSA) is 67.9 Å². The molecule has 1 aliphatic carbocycles. The molecule has 0 radical (unpaired) electrons. The van der Waals surface area contributed by atoms with Crippen molar-refractivity contribution in [3.05, 3.63) is 94.5 Å². The molecule has 0 saturated heterocycles. The largest absolute Gasteiger partial charge is 0.493 e. The van der Waals surface area contributed by atoms with Crippen LogP contribution in [0.4, 0.5) is 0 Å². The van der Waals surface area contributed by atoms with E-state index in [1.54, 1.807) is 19.1 Å². The van der Waals surface area contributed by atoms with Crippen LogP contribution in [0.1, 0.15) is 55.2 Å². The highest BCUT2D eigenvalue weighted by atomic mass is 35.5. The summed E-state index contributed by atoms with van der Waals surface area (Å²) in [5, 5.41) is 3.92. The Bertz CT molecular complexity index is 1240. The van der Waals surface area contributed by atoms with Crippen LogP contribution >= 0.6 is 11.6 Å². The zero-order valence-electron chi connectivity index (χ0n) is 23.4. The molecule has 1 saturated carbocycles. The molecule has 3 aromatic carbocycles.